The average molecular weight is 250 g/mol. The van der Waals surface area contributed by atoms with Gasteiger partial charge in [0.05, 0.1) is 11.4 Å². The summed E-state index contributed by atoms with van der Waals surface area (Å²) in [6, 6.07) is 10.0. The van der Waals surface area contributed by atoms with Gasteiger partial charge < -0.3 is 10.6 Å². The van der Waals surface area contributed by atoms with Crippen molar-refractivity contribution in [1.29, 1.82) is 0 Å². The Morgan fingerprint density at radius 1 is 1.35 bits per heavy atom. The molecule has 0 fully saturated rings. The van der Waals surface area contributed by atoms with Crippen LogP contribution < -0.4 is 5.73 Å². The molecular weight excluding hydrogens is 232 g/mol. The van der Waals surface area contributed by atoms with Crippen molar-refractivity contribution >= 4 is 23.1 Å². The second-order valence-corrected chi connectivity index (χ2v) is 4.77. The van der Waals surface area contributed by atoms with E-state index < -0.39 is 0 Å². The molecule has 3 nitrogen and oxygen atoms in total. The average Bonchev–Trinajstić information content (AvgIpc) is 2.25. The van der Waals surface area contributed by atoms with E-state index in [0.717, 1.165) is 5.56 Å². The zero-order valence-corrected chi connectivity index (χ0v) is 11.0. The van der Waals surface area contributed by atoms with E-state index >= 15 is 0 Å². The van der Waals surface area contributed by atoms with Crippen LogP contribution in [0.1, 0.15) is 25.8 Å². The van der Waals surface area contributed by atoms with E-state index in [1.54, 1.807) is 4.90 Å². The van der Waals surface area contributed by atoms with Crippen molar-refractivity contribution in [3.63, 3.8) is 0 Å². The molecule has 0 bridgehead atoms. The second kappa shape index (κ2) is 6.35. The Kier molecular flexibility index (Phi) is 5.10. The van der Waals surface area contributed by atoms with Crippen LogP contribution in [0.25, 0.3) is 0 Å². The molecule has 1 aromatic rings. The van der Waals surface area contributed by atoms with Crippen molar-refractivity contribution in [2.45, 2.75) is 32.9 Å². The standard InChI is InChI=1S/C13H18N2OS/c1-10(2)15(13(16)8-12(14)17)9-11-6-4-3-5-7-11/h3-7,10H,8-9H2,1-2H3,(H2,14,17). The Hall–Kier alpha value is -1.42. The minimum absolute atomic E-state index is 0.0173. The number of nitrogens with zero attached hydrogens (tertiary/aromatic N) is 1. The number of nitrogens with two attached hydrogens (primary N) is 1. The van der Waals surface area contributed by atoms with Gasteiger partial charge in [0.25, 0.3) is 0 Å². The lowest BCUT2D eigenvalue weighted by Crippen LogP contribution is -2.38. The summed E-state index contributed by atoms with van der Waals surface area (Å²) in [5.41, 5.74) is 6.52. The molecule has 0 atom stereocenters. The third-order valence-corrected chi connectivity index (χ3v) is 2.61. The topological polar surface area (TPSA) is 46.3 Å². The summed E-state index contributed by atoms with van der Waals surface area (Å²) in [7, 11) is 0. The summed E-state index contributed by atoms with van der Waals surface area (Å²) < 4.78 is 0. The van der Waals surface area contributed by atoms with Gasteiger partial charge in [-0.15, -0.1) is 0 Å². The minimum Gasteiger partial charge on any atom is -0.393 e. The molecule has 0 aliphatic heterocycles. The Labute approximate surface area is 108 Å². The highest BCUT2D eigenvalue weighted by atomic mass is 32.1. The van der Waals surface area contributed by atoms with E-state index in [9.17, 15) is 4.79 Å². The van der Waals surface area contributed by atoms with E-state index in [0.29, 0.717) is 6.54 Å². The van der Waals surface area contributed by atoms with Crippen molar-refractivity contribution in [3.05, 3.63) is 35.9 Å². The molecule has 0 saturated carbocycles. The molecule has 0 aliphatic rings. The molecule has 0 radical (unpaired) electrons. The number of thiocarbonyl (C=S) groups is 1. The zero-order chi connectivity index (χ0) is 12.8. The van der Waals surface area contributed by atoms with Gasteiger partial charge >= 0.3 is 0 Å². The SMILES string of the molecule is CC(C)N(Cc1ccccc1)C(=O)CC(N)=S. The highest BCUT2D eigenvalue weighted by molar-refractivity contribution is 7.80. The number of hydrogen-bond acceptors (Lipinski definition) is 2. The predicted octanol–water partition coefficient (Wildman–Crippen LogP) is 2.10. The maximum absolute atomic E-state index is 12.0. The number of benzene rings is 1. The van der Waals surface area contributed by atoms with Crippen LogP contribution >= 0.6 is 12.2 Å². The highest BCUT2D eigenvalue weighted by Gasteiger charge is 2.17. The van der Waals surface area contributed by atoms with E-state index in [4.69, 9.17) is 18.0 Å². The van der Waals surface area contributed by atoms with Gasteiger partial charge in [0, 0.05) is 12.6 Å². The van der Waals surface area contributed by atoms with Crippen LogP contribution in [-0.2, 0) is 11.3 Å². The first-order valence-electron chi connectivity index (χ1n) is 5.62. The molecule has 2 N–H and O–H groups in total. The summed E-state index contributed by atoms with van der Waals surface area (Å²) in [6.07, 6.45) is 0.139. The lowest BCUT2D eigenvalue weighted by Gasteiger charge is -2.26. The zero-order valence-electron chi connectivity index (χ0n) is 10.2. The Morgan fingerprint density at radius 2 is 1.94 bits per heavy atom. The molecule has 17 heavy (non-hydrogen) atoms. The normalized spacial score (nSPS) is 10.3. The number of hydrogen-bond donors (Lipinski definition) is 1. The van der Waals surface area contributed by atoms with Crippen LogP contribution in [0.5, 0.6) is 0 Å². The number of carbonyl (C=O) groups is 1. The first-order valence-corrected chi connectivity index (χ1v) is 6.03. The van der Waals surface area contributed by atoms with Crippen molar-refractivity contribution < 1.29 is 4.79 Å². The minimum atomic E-state index is -0.0173. The van der Waals surface area contributed by atoms with Crippen LogP contribution in [-0.4, -0.2) is 21.8 Å². The van der Waals surface area contributed by atoms with Gasteiger partial charge in [0.15, 0.2) is 0 Å². The fourth-order valence-corrected chi connectivity index (χ4v) is 1.71. The Bertz CT molecular complexity index is 390. The van der Waals surface area contributed by atoms with Crippen LogP contribution in [0, 0.1) is 0 Å². The quantitative estimate of drug-likeness (QED) is 0.814. The third kappa shape index (κ3) is 4.53. The molecule has 0 aliphatic carbocycles. The smallest absolute Gasteiger partial charge is 0.229 e. The van der Waals surface area contributed by atoms with E-state index in [1.165, 1.54) is 0 Å². The number of rotatable bonds is 5. The predicted molar refractivity (Wildman–Crippen MR) is 73.5 cm³/mol. The third-order valence-electron chi connectivity index (χ3n) is 2.46. The Morgan fingerprint density at radius 3 is 2.41 bits per heavy atom. The van der Waals surface area contributed by atoms with Crippen molar-refractivity contribution in [2.75, 3.05) is 0 Å². The molecule has 1 rings (SSSR count). The fraction of sp³-hybridized carbons (Fsp3) is 0.385. The number of amides is 1. The molecule has 4 heteroatoms. The van der Waals surface area contributed by atoms with Gasteiger partial charge in [-0.2, -0.15) is 0 Å². The van der Waals surface area contributed by atoms with Gasteiger partial charge in [-0.1, -0.05) is 42.5 Å². The van der Waals surface area contributed by atoms with Crippen LogP contribution in [0.3, 0.4) is 0 Å². The summed E-state index contributed by atoms with van der Waals surface area (Å²) in [5, 5.41) is 0. The largest absolute Gasteiger partial charge is 0.393 e. The molecule has 0 unspecified atom stereocenters. The fourth-order valence-electron chi connectivity index (χ4n) is 1.59. The van der Waals surface area contributed by atoms with E-state index in [1.807, 2.05) is 44.2 Å². The first-order chi connectivity index (χ1) is 8.00. The molecule has 0 saturated heterocycles. The highest BCUT2D eigenvalue weighted by Crippen LogP contribution is 2.09. The Balaban J connectivity index is 2.73. The molecule has 1 aromatic carbocycles. The molecule has 0 heterocycles. The van der Waals surface area contributed by atoms with Gasteiger partial charge in [-0.3, -0.25) is 4.79 Å². The summed E-state index contributed by atoms with van der Waals surface area (Å²) in [5.74, 6) is -0.0173. The van der Waals surface area contributed by atoms with Gasteiger partial charge in [0.2, 0.25) is 5.91 Å². The van der Waals surface area contributed by atoms with Crippen LogP contribution in [0.4, 0.5) is 0 Å². The lowest BCUT2D eigenvalue weighted by molar-refractivity contribution is -0.132. The summed E-state index contributed by atoms with van der Waals surface area (Å²) in [6.45, 7) is 4.57. The first kappa shape index (κ1) is 13.6. The van der Waals surface area contributed by atoms with Crippen molar-refractivity contribution in [3.8, 4) is 0 Å². The maximum atomic E-state index is 12.0. The molecule has 0 spiro atoms. The molecule has 92 valence electrons. The van der Waals surface area contributed by atoms with Crippen molar-refractivity contribution in [2.24, 2.45) is 5.73 Å². The van der Waals surface area contributed by atoms with Gasteiger partial charge in [-0.25, -0.2) is 0 Å². The van der Waals surface area contributed by atoms with Crippen LogP contribution in [0.2, 0.25) is 0 Å². The lowest BCUT2D eigenvalue weighted by atomic mass is 10.1. The van der Waals surface area contributed by atoms with Gasteiger partial charge in [-0.05, 0) is 19.4 Å². The second-order valence-electron chi connectivity index (χ2n) is 4.24. The number of carbonyl (C=O) groups excluding carboxylic acids is 1. The van der Waals surface area contributed by atoms with E-state index in [-0.39, 0.29) is 23.4 Å². The summed E-state index contributed by atoms with van der Waals surface area (Å²) >= 11 is 4.77. The molecular formula is C13H18N2OS. The molecule has 0 aromatic heterocycles. The summed E-state index contributed by atoms with van der Waals surface area (Å²) in [4.78, 5) is 14.0. The monoisotopic (exact) mass is 250 g/mol. The van der Waals surface area contributed by atoms with E-state index in [2.05, 4.69) is 0 Å². The van der Waals surface area contributed by atoms with Gasteiger partial charge in [0.1, 0.15) is 0 Å². The molecule has 1 amide bonds. The maximum Gasteiger partial charge on any atom is 0.229 e. The van der Waals surface area contributed by atoms with Crippen LogP contribution in [0.15, 0.2) is 30.3 Å². The van der Waals surface area contributed by atoms with Crippen molar-refractivity contribution in [1.82, 2.24) is 4.90 Å².